The van der Waals surface area contributed by atoms with E-state index in [9.17, 15) is 0 Å². The molecular weight excluding hydrogens is 180 g/mol. The molecule has 0 radical (unpaired) electrons. The molecule has 82 valence electrons. The average molecular weight is 202 g/mol. The molecule has 0 bridgehead atoms. The molecule has 0 aliphatic heterocycles. The highest BCUT2D eigenvalue weighted by molar-refractivity contribution is 5.23. The molecule has 0 aromatic heterocycles. The lowest BCUT2D eigenvalue weighted by molar-refractivity contribution is 0.162. The fourth-order valence-electron chi connectivity index (χ4n) is 3.23. The van der Waals surface area contributed by atoms with Gasteiger partial charge in [0.1, 0.15) is 0 Å². The minimum Gasteiger partial charge on any atom is -0.0999 e. The fraction of sp³-hybridized carbons (Fsp3) is 0.600. The Kier molecular flexibility index (Phi) is 2.62. The summed E-state index contributed by atoms with van der Waals surface area (Å²) in [6.07, 6.45) is 9.70. The van der Waals surface area contributed by atoms with E-state index in [0.717, 1.165) is 12.3 Å². The number of hydrogen-bond acceptors (Lipinski definition) is 0. The second-order valence-electron chi connectivity index (χ2n) is 5.64. The van der Waals surface area contributed by atoms with Crippen LogP contribution in [0.25, 0.3) is 0 Å². The van der Waals surface area contributed by atoms with Crippen molar-refractivity contribution in [1.29, 1.82) is 0 Å². The molecular formula is C15H22. The van der Waals surface area contributed by atoms with Crippen LogP contribution in [0, 0.1) is 17.3 Å². The highest BCUT2D eigenvalue weighted by atomic mass is 14.4. The molecule has 3 atom stereocenters. The number of allylic oxidation sites excluding steroid dienone is 4. The molecule has 0 aromatic carbocycles. The molecule has 0 unspecified atom stereocenters. The highest BCUT2D eigenvalue weighted by Gasteiger charge is 2.40. The Bertz CT molecular complexity index is 321. The highest BCUT2D eigenvalue weighted by Crippen LogP contribution is 2.51. The van der Waals surface area contributed by atoms with E-state index in [2.05, 4.69) is 39.2 Å². The second-order valence-corrected chi connectivity index (χ2v) is 5.64. The zero-order valence-corrected chi connectivity index (χ0v) is 10.1. The predicted molar refractivity (Wildman–Crippen MR) is 66.6 cm³/mol. The topological polar surface area (TPSA) is 0 Å². The van der Waals surface area contributed by atoms with Gasteiger partial charge in [-0.15, -0.1) is 0 Å². The van der Waals surface area contributed by atoms with Gasteiger partial charge in [-0.25, -0.2) is 0 Å². The van der Waals surface area contributed by atoms with E-state index in [0.29, 0.717) is 11.3 Å². The van der Waals surface area contributed by atoms with E-state index in [1.165, 1.54) is 30.4 Å². The van der Waals surface area contributed by atoms with E-state index in [-0.39, 0.29) is 0 Å². The van der Waals surface area contributed by atoms with Crippen LogP contribution in [0.4, 0.5) is 0 Å². The van der Waals surface area contributed by atoms with E-state index >= 15 is 0 Å². The average Bonchev–Trinajstić information content (AvgIpc) is 2.17. The summed E-state index contributed by atoms with van der Waals surface area (Å²) in [5.41, 5.74) is 3.19. The van der Waals surface area contributed by atoms with Crippen LogP contribution in [0.2, 0.25) is 0 Å². The first-order valence-electron chi connectivity index (χ1n) is 6.04. The molecule has 0 nitrogen and oxygen atoms in total. The molecule has 2 rings (SSSR count). The standard InChI is InChI=1S/C15H22/c1-11(2)13-7-9-15(4)8-5-6-12(3)14(15)10-13/h5,8,13-14H,1,3,6-7,9-10H2,2,4H3/t13-,14+,15-/m1/s1. The number of fused-ring (bicyclic) bond motifs is 1. The predicted octanol–water partition coefficient (Wildman–Crippen LogP) is 4.50. The quantitative estimate of drug-likeness (QED) is 0.549. The van der Waals surface area contributed by atoms with Crippen LogP contribution in [-0.2, 0) is 0 Å². The van der Waals surface area contributed by atoms with Crippen LogP contribution in [-0.4, -0.2) is 0 Å². The normalized spacial score (nSPS) is 40.0. The number of hydrogen-bond donors (Lipinski definition) is 0. The minimum atomic E-state index is 0.390. The van der Waals surface area contributed by atoms with Gasteiger partial charge in [-0.05, 0) is 49.9 Å². The smallest absolute Gasteiger partial charge is 0.00806 e. The van der Waals surface area contributed by atoms with Crippen molar-refractivity contribution in [1.82, 2.24) is 0 Å². The largest absolute Gasteiger partial charge is 0.0999 e. The zero-order chi connectivity index (χ0) is 11.1. The first kappa shape index (κ1) is 10.7. The van der Waals surface area contributed by atoms with Crippen molar-refractivity contribution < 1.29 is 0 Å². The molecule has 0 N–H and O–H groups in total. The monoisotopic (exact) mass is 202 g/mol. The summed E-state index contributed by atoms with van der Waals surface area (Å²) < 4.78 is 0. The summed E-state index contributed by atoms with van der Waals surface area (Å²) in [6, 6.07) is 0. The van der Waals surface area contributed by atoms with Gasteiger partial charge in [-0.2, -0.15) is 0 Å². The SMILES string of the molecule is C=C(C)[C@@H]1CC[C@@]2(C)C=CCC(=C)[C@@H]2C1. The van der Waals surface area contributed by atoms with E-state index in [1.807, 2.05) is 0 Å². The fourth-order valence-corrected chi connectivity index (χ4v) is 3.23. The van der Waals surface area contributed by atoms with Gasteiger partial charge in [0, 0.05) is 0 Å². The van der Waals surface area contributed by atoms with Gasteiger partial charge in [0.2, 0.25) is 0 Å². The van der Waals surface area contributed by atoms with E-state index in [1.54, 1.807) is 0 Å². The molecule has 0 heterocycles. The zero-order valence-electron chi connectivity index (χ0n) is 10.1. The van der Waals surface area contributed by atoms with Crippen molar-refractivity contribution in [3.63, 3.8) is 0 Å². The van der Waals surface area contributed by atoms with Gasteiger partial charge >= 0.3 is 0 Å². The van der Waals surface area contributed by atoms with Crippen LogP contribution in [0.1, 0.15) is 39.5 Å². The third-order valence-corrected chi connectivity index (χ3v) is 4.42. The van der Waals surface area contributed by atoms with Crippen molar-refractivity contribution in [3.8, 4) is 0 Å². The molecule has 0 heteroatoms. The Morgan fingerprint density at radius 3 is 2.93 bits per heavy atom. The van der Waals surface area contributed by atoms with Crippen LogP contribution < -0.4 is 0 Å². The molecule has 0 spiro atoms. The lowest BCUT2D eigenvalue weighted by Crippen LogP contribution is -2.35. The van der Waals surface area contributed by atoms with Gasteiger partial charge < -0.3 is 0 Å². The summed E-state index contributed by atoms with van der Waals surface area (Å²) in [4.78, 5) is 0. The molecule has 2 aliphatic rings. The summed E-state index contributed by atoms with van der Waals surface area (Å²) >= 11 is 0. The molecule has 15 heavy (non-hydrogen) atoms. The summed E-state index contributed by atoms with van der Waals surface area (Å²) in [5, 5.41) is 0. The van der Waals surface area contributed by atoms with Gasteiger partial charge in [0.25, 0.3) is 0 Å². The molecule has 0 saturated heterocycles. The molecule has 1 fully saturated rings. The maximum atomic E-state index is 4.26. The summed E-state index contributed by atoms with van der Waals surface area (Å²) in [5.74, 6) is 1.42. The van der Waals surface area contributed by atoms with Crippen molar-refractivity contribution in [2.75, 3.05) is 0 Å². The lowest BCUT2D eigenvalue weighted by atomic mass is 9.59. The lowest BCUT2D eigenvalue weighted by Gasteiger charge is -2.46. The Morgan fingerprint density at radius 1 is 1.53 bits per heavy atom. The van der Waals surface area contributed by atoms with Crippen molar-refractivity contribution in [3.05, 3.63) is 36.5 Å². The van der Waals surface area contributed by atoms with Crippen LogP contribution in [0.3, 0.4) is 0 Å². The van der Waals surface area contributed by atoms with E-state index < -0.39 is 0 Å². The van der Waals surface area contributed by atoms with Crippen molar-refractivity contribution in [2.45, 2.75) is 39.5 Å². The second kappa shape index (κ2) is 3.66. The first-order valence-corrected chi connectivity index (χ1v) is 6.04. The Hall–Kier alpha value is -0.780. The van der Waals surface area contributed by atoms with Crippen molar-refractivity contribution >= 4 is 0 Å². The first-order chi connectivity index (χ1) is 7.03. The Balaban J connectivity index is 2.22. The molecule has 0 aromatic rings. The third kappa shape index (κ3) is 1.82. The van der Waals surface area contributed by atoms with Gasteiger partial charge in [0.15, 0.2) is 0 Å². The molecule has 1 saturated carbocycles. The van der Waals surface area contributed by atoms with Gasteiger partial charge in [-0.1, -0.05) is 43.4 Å². The van der Waals surface area contributed by atoms with Gasteiger partial charge in [-0.3, -0.25) is 0 Å². The van der Waals surface area contributed by atoms with Crippen LogP contribution in [0.15, 0.2) is 36.5 Å². The number of rotatable bonds is 1. The summed E-state index contributed by atoms with van der Waals surface area (Å²) in [7, 11) is 0. The summed E-state index contributed by atoms with van der Waals surface area (Å²) in [6.45, 7) is 12.9. The maximum Gasteiger partial charge on any atom is -0.00806 e. The Labute approximate surface area is 93.8 Å². The maximum absolute atomic E-state index is 4.26. The van der Waals surface area contributed by atoms with E-state index in [4.69, 9.17) is 0 Å². The van der Waals surface area contributed by atoms with Gasteiger partial charge in [0.05, 0.1) is 0 Å². The van der Waals surface area contributed by atoms with Crippen LogP contribution in [0.5, 0.6) is 0 Å². The molecule has 2 aliphatic carbocycles. The Morgan fingerprint density at radius 2 is 2.27 bits per heavy atom. The third-order valence-electron chi connectivity index (χ3n) is 4.42. The minimum absolute atomic E-state index is 0.390. The van der Waals surface area contributed by atoms with Crippen molar-refractivity contribution in [2.24, 2.45) is 17.3 Å². The van der Waals surface area contributed by atoms with Crippen LogP contribution >= 0.6 is 0 Å². The molecule has 0 amide bonds.